The van der Waals surface area contributed by atoms with Gasteiger partial charge in [-0.15, -0.1) is 6.42 Å². The van der Waals surface area contributed by atoms with Crippen molar-refractivity contribution in [2.45, 2.75) is 6.10 Å². The van der Waals surface area contributed by atoms with Crippen molar-refractivity contribution >= 4 is 23.2 Å². The molecular formula is C15H10Cl2O. The van der Waals surface area contributed by atoms with Crippen molar-refractivity contribution < 1.29 is 4.74 Å². The third kappa shape index (κ3) is 2.98. The van der Waals surface area contributed by atoms with Gasteiger partial charge in [-0.25, -0.2) is 0 Å². The molecule has 0 bridgehead atoms. The lowest BCUT2D eigenvalue weighted by Gasteiger charge is -2.15. The summed E-state index contributed by atoms with van der Waals surface area (Å²) in [5, 5.41) is 1.07. The highest BCUT2D eigenvalue weighted by Gasteiger charge is 2.14. The number of benzene rings is 2. The molecule has 2 rings (SSSR count). The first-order valence-corrected chi connectivity index (χ1v) is 6.09. The van der Waals surface area contributed by atoms with Crippen LogP contribution in [-0.2, 0) is 0 Å². The van der Waals surface area contributed by atoms with Crippen molar-refractivity contribution in [3.63, 3.8) is 0 Å². The lowest BCUT2D eigenvalue weighted by molar-refractivity contribution is 0.265. The molecule has 2 aromatic carbocycles. The molecule has 1 atom stereocenters. The number of halogens is 2. The Morgan fingerprint density at radius 1 is 1.06 bits per heavy atom. The Bertz CT molecular complexity index is 573. The van der Waals surface area contributed by atoms with Gasteiger partial charge in [0.15, 0.2) is 6.10 Å². The Balaban J connectivity index is 2.27. The summed E-state index contributed by atoms with van der Waals surface area (Å²) >= 11 is 12.0. The Labute approximate surface area is 116 Å². The lowest BCUT2D eigenvalue weighted by Crippen LogP contribution is -2.05. The highest BCUT2D eigenvalue weighted by molar-refractivity contribution is 6.35. The predicted molar refractivity (Wildman–Crippen MR) is 75.1 cm³/mol. The van der Waals surface area contributed by atoms with Gasteiger partial charge < -0.3 is 4.74 Å². The average Bonchev–Trinajstić information content (AvgIpc) is 2.38. The summed E-state index contributed by atoms with van der Waals surface area (Å²) in [5.74, 6) is 3.28. The number of hydrogen-bond donors (Lipinski definition) is 0. The molecule has 0 radical (unpaired) electrons. The zero-order chi connectivity index (χ0) is 13.0. The molecule has 0 N–H and O–H groups in total. The van der Waals surface area contributed by atoms with E-state index in [1.807, 2.05) is 30.3 Å². The van der Waals surface area contributed by atoms with Crippen LogP contribution in [0.3, 0.4) is 0 Å². The lowest BCUT2D eigenvalue weighted by atomic mass is 10.1. The van der Waals surface area contributed by atoms with E-state index in [0.29, 0.717) is 15.8 Å². The summed E-state index contributed by atoms with van der Waals surface area (Å²) in [6.07, 6.45) is 4.96. The van der Waals surface area contributed by atoms with E-state index in [1.165, 1.54) is 0 Å². The van der Waals surface area contributed by atoms with Crippen molar-refractivity contribution in [2.24, 2.45) is 0 Å². The topological polar surface area (TPSA) is 9.23 Å². The summed E-state index contributed by atoms with van der Waals surface area (Å²) in [7, 11) is 0. The summed E-state index contributed by atoms with van der Waals surface area (Å²) in [6, 6.07) is 14.5. The molecule has 0 saturated carbocycles. The molecule has 0 spiro atoms. The van der Waals surface area contributed by atoms with E-state index in [0.717, 1.165) is 5.56 Å². The molecule has 0 aliphatic rings. The van der Waals surface area contributed by atoms with Gasteiger partial charge in [-0.1, -0.05) is 53.4 Å². The standard InChI is InChI=1S/C15H10Cl2O/c1-2-15(18-12-6-4-3-5-7-12)13-9-8-11(16)10-14(13)17/h1,3-10,15H. The molecule has 0 aliphatic heterocycles. The zero-order valence-corrected chi connectivity index (χ0v) is 10.9. The second-order valence-electron chi connectivity index (χ2n) is 3.64. The van der Waals surface area contributed by atoms with Crippen LogP contribution in [0.2, 0.25) is 10.0 Å². The van der Waals surface area contributed by atoms with E-state index >= 15 is 0 Å². The van der Waals surface area contributed by atoms with Crippen LogP contribution in [0.4, 0.5) is 0 Å². The first-order chi connectivity index (χ1) is 8.70. The molecule has 0 amide bonds. The van der Waals surface area contributed by atoms with Gasteiger partial charge in [0.1, 0.15) is 5.75 Å². The van der Waals surface area contributed by atoms with Crippen LogP contribution in [0.15, 0.2) is 48.5 Å². The van der Waals surface area contributed by atoms with Crippen LogP contribution in [-0.4, -0.2) is 0 Å². The van der Waals surface area contributed by atoms with Gasteiger partial charge in [-0.3, -0.25) is 0 Å². The molecule has 90 valence electrons. The fraction of sp³-hybridized carbons (Fsp3) is 0.0667. The number of para-hydroxylation sites is 1. The van der Waals surface area contributed by atoms with Crippen molar-refractivity contribution in [2.75, 3.05) is 0 Å². The van der Waals surface area contributed by atoms with Gasteiger partial charge in [0, 0.05) is 15.6 Å². The average molecular weight is 277 g/mol. The normalized spacial score (nSPS) is 11.6. The van der Waals surface area contributed by atoms with Gasteiger partial charge in [0.2, 0.25) is 0 Å². The van der Waals surface area contributed by atoms with Gasteiger partial charge in [0.05, 0.1) is 0 Å². The predicted octanol–water partition coefficient (Wildman–Crippen LogP) is 4.75. The molecular weight excluding hydrogens is 267 g/mol. The quantitative estimate of drug-likeness (QED) is 0.736. The number of ether oxygens (including phenoxy) is 1. The van der Waals surface area contributed by atoms with Gasteiger partial charge in [0.25, 0.3) is 0 Å². The summed E-state index contributed by atoms with van der Waals surface area (Å²) in [4.78, 5) is 0. The minimum Gasteiger partial charge on any atom is -0.473 e. The van der Waals surface area contributed by atoms with E-state index in [9.17, 15) is 0 Å². The Hall–Kier alpha value is -1.62. The van der Waals surface area contributed by atoms with E-state index in [-0.39, 0.29) is 0 Å². The van der Waals surface area contributed by atoms with Crippen molar-refractivity contribution in [1.29, 1.82) is 0 Å². The monoisotopic (exact) mass is 276 g/mol. The Kier molecular flexibility index (Phi) is 4.15. The maximum absolute atomic E-state index is 6.11. The molecule has 0 fully saturated rings. The van der Waals surface area contributed by atoms with Crippen LogP contribution in [0, 0.1) is 12.3 Å². The molecule has 0 saturated heterocycles. The largest absolute Gasteiger partial charge is 0.473 e. The maximum Gasteiger partial charge on any atom is 0.185 e. The smallest absolute Gasteiger partial charge is 0.185 e. The number of rotatable bonds is 3. The molecule has 0 heterocycles. The van der Waals surface area contributed by atoms with Crippen LogP contribution in [0.25, 0.3) is 0 Å². The molecule has 18 heavy (non-hydrogen) atoms. The molecule has 1 nitrogen and oxygen atoms in total. The molecule has 0 aliphatic carbocycles. The number of terminal acetylenes is 1. The first-order valence-electron chi connectivity index (χ1n) is 5.33. The Morgan fingerprint density at radius 3 is 2.39 bits per heavy atom. The molecule has 1 unspecified atom stereocenters. The molecule has 2 aromatic rings. The fourth-order valence-electron chi connectivity index (χ4n) is 1.54. The maximum atomic E-state index is 6.11. The van der Waals surface area contributed by atoms with Crippen LogP contribution in [0.1, 0.15) is 11.7 Å². The van der Waals surface area contributed by atoms with E-state index in [4.69, 9.17) is 34.4 Å². The van der Waals surface area contributed by atoms with Gasteiger partial charge >= 0.3 is 0 Å². The third-order valence-electron chi connectivity index (χ3n) is 2.39. The molecule has 0 aromatic heterocycles. The van der Waals surface area contributed by atoms with Crippen LogP contribution >= 0.6 is 23.2 Å². The van der Waals surface area contributed by atoms with Crippen molar-refractivity contribution in [3.05, 3.63) is 64.1 Å². The zero-order valence-electron chi connectivity index (χ0n) is 9.44. The highest BCUT2D eigenvalue weighted by atomic mass is 35.5. The highest BCUT2D eigenvalue weighted by Crippen LogP contribution is 2.29. The van der Waals surface area contributed by atoms with E-state index in [1.54, 1.807) is 18.2 Å². The number of hydrogen-bond acceptors (Lipinski definition) is 1. The second-order valence-corrected chi connectivity index (χ2v) is 4.49. The van der Waals surface area contributed by atoms with Crippen molar-refractivity contribution in [1.82, 2.24) is 0 Å². The Morgan fingerprint density at radius 2 is 1.78 bits per heavy atom. The van der Waals surface area contributed by atoms with Gasteiger partial charge in [-0.2, -0.15) is 0 Å². The molecule has 3 heteroatoms. The SMILES string of the molecule is C#CC(Oc1ccccc1)c1ccc(Cl)cc1Cl. The summed E-state index contributed by atoms with van der Waals surface area (Å²) in [5.41, 5.74) is 0.729. The minimum absolute atomic E-state index is 0.501. The fourth-order valence-corrected chi connectivity index (χ4v) is 2.04. The van der Waals surface area contributed by atoms with E-state index < -0.39 is 6.10 Å². The first kappa shape index (κ1) is 12.8. The second kappa shape index (κ2) is 5.82. The van der Waals surface area contributed by atoms with E-state index in [2.05, 4.69) is 5.92 Å². The minimum atomic E-state index is -0.530. The third-order valence-corrected chi connectivity index (χ3v) is 2.96. The van der Waals surface area contributed by atoms with Crippen LogP contribution in [0.5, 0.6) is 5.75 Å². The van der Waals surface area contributed by atoms with Gasteiger partial charge in [-0.05, 0) is 24.3 Å². The summed E-state index contributed by atoms with van der Waals surface area (Å²) in [6.45, 7) is 0. The summed E-state index contributed by atoms with van der Waals surface area (Å²) < 4.78 is 5.71. The van der Waals surface area contributed by atoms with Crippen molar-refractivity contribution in [3.8, 4) is 18.1 Å². The van der Waals surface area contributed by atoms with Crippen LogP contribution < -0.4 is 4.74 Å².